The van der Waals surface area contributed by atoms with Crippen LogP contribution in [0.4, 0.5) is 0 Å². The van der Waals surface area contributed by atoms with Crippen molar-refractivity contribution in [1.82, 2.24) is 0 Å². The summed E-state index contributed by atoms with van der Waals surface area (Å²) in [6.07, 6.45) is 0. The summed E-state index contributed by atoms with van der Waals surface area (Å²) in [6, 6.07) is 0. The summed E-state index contributed by atoms with van der Waals surface area (Å²) >= 11 is 0. The van der Waals surface area contributed by atoms with Crippen LogP contribution in [-0.4, -0.2) is 5.48 Å². The number of rotatable bonds is 0. The van der Waals surface area contributed by atoms with Crippen LogP contribution in [0.25, 0.3) is 0 Å². The zero-order chi connectivity index (χ0) is 2.71. The Kier molecular flexibility index (Phi) is 21.3. The highest BCUT2D eigenvalue weighted by Crippen LogP contribution is 1.77. The average Bonchev–Trinajstić information content (AvgIpc) is 0.918. The lowest BCUT2D eigenvalue weighted by molar-refractivity contribution is 0.824. The van der Waals surface area contributed by atoms with Gasteiger partial charge in [-0.25, -0.2) is 0 Å². The Balaban J connectivity index is 0. The fraction of sp³-hybridized carbons (Fsp3) is 0. The minimum absolute atomic E-state index is 0. The molecular formula is H5NOP2. The predicted octanol–water partition coefficient (Wildman–Crippen LogP) is 0.0394. The topological polar surface area (TPSA) is 57.5 Å². The molecule has 0 aliphatic heterocycles. The summed E-state index contributed by atoms with van der Waals surface area (Å²) in [5.74, 6) is 0. The molecule has 26 valence electrons. The smallest absolute Gasteiger partial charge is 0.000794 e. The first-order valence-electron chi connectivity index (χ1n) is 0.482. The molecule has 0 aliphatic rings. The van der Waals surface area contributed by atoms with Gasteiger partial charge in [0.1, 0.15) is 0 Å². The van der Waals surface area contributed by atoms with Crippen molar-refractivity contribution >= 4 is 16.5 Å². The molecule has 0 radical (unpaired) electrons. The summed E-state index contributed by atoms with van der Waals surface area (Å²) in [4.78, 5) is 0. The molecule has 0 amide bonds. The van der Waals surface area contributed by atoms with Gasteiger partial charge in [-0.05, 0) is 0 Å². The maximum Gasteiger partial charge on any atom is 0.000794 e. The van der Waals surface area contributed by atoms with Crippen molar-refractivity contribution in [1.29, 1.82) is 0 Å². The molecule has 0 aliphatic carbocycles. The van der Waals surface area contributed by atoms with E-state index >= 15 is 0 Å². The number of hydrogen-bond donors (Lipinski definition) is 1. The van der Waals surface area contributed by atoms with Crippen LogP contribution in [0.3, 0.4) is 0 Å². The van der Waals surface area contributed by atoms with Crippen molar-refractivity contribution in [2.24, 2.45) is 5.50 Å². The van der Waals surface area contributed by atoms with E-state index < -0.39 is 0 Å². The van der Waals surface area contributed by atoms with Crippen LogP contribution < -0.4 is 5.50 Å². The van der Waals surface area contributed by atoms with Gasteiger partial charge in [-0.15, -0.1) is 0 Å². The zero-order valence-corrected chi connectivity index (χ0v) is 3.92. The Labute approximate surface area is 28.6 Å². The maximum absolute atomic E-state index is 4.73. The van der Waals surface area contributed by atoms with E-state index in [9.17, 15) is 0 Å². The molecule has 0 heterocycles. The minimum atomic E-state index is 0. The summed E-state index contributed by atoms with van der Waals surface area (Å²) in [7, 11) is 3.66. The number of nitrogens with two attached hydrogens (primary N) is 1. The normalized spacial score (nSPS) is 5.25. The first-order valence-corrected chi connectivity index (χ1v) is 2.79. The summed E-state index contributed by atoms with van der Waals surface area (Å²) in [6.45, 7) is 0. The Morgan fingerprint density at radius 1 is 1.75 bits per heavy atom. The van der Waals surface area contributed by atoms with Crippen LogP contribution >= 0.6 is 16.5 Å². The standard InChI is InChI=1S/H3NP2.H2O/c1-3-2;/h2H,1H2;1H2. The van der Waals surface area contributed by atoms with Gasteiger partial charge in [0.05, 0.1) is 0 Å². The third kappa shape index (κ3) is 21.5. The molecule has 0 spiro atoms. The Morgan fingerprint density at radius 2 is 1.75 bits per heavy atom. The zero-order valence-electron chi connectivity index (χ0n) is 2.02. The molecule has 0 aromatic rings. The lowest BCUT2D eigenvalue weighted by Gasteiger charge is -1.34. The maximum atomic E-state index is 4.73. The fourth-order valence-electron chi connectivity index (χ4n) is 0. The molecule has 0 bridgehead atoms. The second-order valence-electron chi connectivity index (χ2n) is 0.129. The monoisotopic (exact) mass is 97.0 g/mol. The highest BCUT2D eigenvalue weighted by Gasteiger charge is 1.13. The van der Waals surface area contributed by atoms with E-state index in [1.807, 2.05) is 0 Å². The molecule has 0 fully saturated rings. The largest absolute Gasteiger partial charge is 0.412 e. The molecule has 4 N–H and O–H groups in total. The van der Waals surface area contributed by atoms with Crippen molar-refractivity contribution < 1.29 is 5.48 Å². The third-order valence-electron chi connectivity index (χ3n) is 0. The quantitative estimate of drug-likeness (QED) is 0.426. The van der Waals surface area contributed by atoms with Gasteiger partial charge in [-0.2, -0.15) is 0 Å². The lowest BCUT2D eigenvalue weighted by Crippen LogP contribution is -1.49. The van der Waals surface area contributed by atoms with Crippen molar-refractivity contribution in [3.8, 4) is 0 Å². The Hall–Kier alpha value is 0.520. The van der Waals surface area contributed by atoms with Crippen LogP contribution in [0.5, 0.6) is 0 Å². The lowest BCUT2D eigenvalue weighted by atomic mass is 13.9. The first kappa shape index (κ1) is 8.82. The molecule has 2 nitrogen and oxygen atoms in total. The van der Waals surface area contributed by atoms with Crippen molar-refractivity contribution in [3.63, 3.8) is 0 Å². The van der Waals surface area contributed by atoms with Crippen molar-refractivity contribution in [2.45, 2.75) is 0 Å². The molecule has 0 rings (SSSR count). The van der Waals surface area contributed by atoms with Crippen LogP contribution in [0.1, 0.15) is 0 Å². The van der Waals surface area contributed by atoms with Crippen molar-refractivity contribution in [3.05, 3.63) is 0 Å². The SMILES string of the molecule is NP=P.O. The molecule has 0 atom stereocenters. The van der Waals surface area contributed by atoms with E-state index in [0.717, 1.165) is 8.02 Å². The summed E-state index contributed by atoms with van der Waals surface area (Å²) < 4.78 is 0. The molecule has 4 heteroatoms. The molecule has 0 unspecified atom stereocenters. The predicted molar refractivity (Wildman–Crippen MR) is 23.0 cm³/mol. The molecule has 0 saturated carbocycles. The first-order chi connectivity index (χ1) is 1.41. The summed E-state index contributed by atoms with van der Waals surface area (Å²) in [5, 5.41) is 0. The van der Waals surface area contributed by atoms with Gasteiger partial charge in [0, 0.05) is 8.02 Å². The second kappa shape index (κ2) is 9.68. The van der Waals surface area contributed by atoms with Gasteiger partial charge in [-0.1, -0.05) is 8.53 Å². The Morgan fingerprint density at radius 3 is 1.75 bits per heavy atom. The van der Waals surface area contributed by atoms with E-state index in [1.165, 1.54) is 0 Å². The van der Waals surface area contributed by atoms with Crippen LogP contribution in [0, 0.1) is 0 Å². The molecular weight excluding hydrogens is 92.0 g/mol. The van der Waals surface area contributed by atoms with Gasteiger partial charge >= 0.3 is 0 Å². The minimum Gasteiger partial charge on any atom is -0.412 e. The van der Waals surface area contributed by atoms with Crippen LogP contribution in [0.15, 0.2) is 0 Å². The van der Waals surface area contributed by atoms with Crippen LogP contribution in [-0.2, 0) is 0 Å². The molecule has 0 aromatic heterocycles. The van der Waals surface area contributed by atoms with Gasteiger partial charge in [-0.3, -0.25) is 5.50 Å². The van der Waals surface area contributed by atoms with Gasteiger partial charge in [0.25, 0.3) is 0 Å². The van der Waals surface area contributed by atoms with Gasteiger partial charge in [0.15, 0.2) is 0 Å². The van der Waals surface area contributed by atoms with E-state index in [2.05, 4.69) is 8.53 Å². The van der Waals surface area contributed by atoms with Gasteiger partial charge < -0.3 is 5.48 Å². The van der Waals surface area contributed by atoms with E-state index in [4.69, 9.17) is 5.50 Å². The average molecular weight is 97.0 g/mol. The van der Waals surface area contributed by atoms with Gasteiger partial charge in [0.2, 0.25) is 0 Å². The molecule has 0 saturated heterocycles. The van der Waals surface area contributed by atoms with Crippen LogP contribution in [0.2, 0.25) is 0 Å². The summed E-state index contributed by atoms with van der Waals surface area (Å²) in [5.41, 5.74) is 4.73. The highest BCUT2D eigenvalue weighted by molar-refractivity contribution is 7.72. The van der Waals surface area contributed by atoms with E-state index in [-0.39, 0.29) is 5.48 Å². The van der Waals surface area contributed by atoms with E-state index in [0.29, 0.717) is 0 Å². The molecule has 4 heavy (non-hydrogen) atoms. The molecule has 0 aromatic carbocycles. The second-order valence-corrected chi connectivity index (χ2v) is 1.16. The Bertz CT molecular complexity index is 13.5. The number of hydrogen-bond acceptors (Lipinski definition) is 0. The highest BCUT2D eigenvalue weighted by atomic mass is 31.7. The fourth-order valence-corrected chi connectivity index (χ4v) is 0. The van der Waals surface area contributed by atoms with Crippen molar-refractivity contribution in [2.75, 3.05) is 0 Å². The van der Waals surface area contributed by atoms with E-state index in [1.54, 1.807) is 0 Å². The third-order valence-corrected chi connectivity index (χ3v) is 0.